The zero-order valence-electron chi connectivity index (χ0n) is 19.1. The minimum Gasteiger partial charge on any atom is -0.381 e. The van der Waals surface area contributed by atoms with Crippen molar-refractivity contribution in [3.8, 4) is 0 Å². The first kappa shape index (κ1) is 25.9. The Morgan fingerprint density at radius 1 is 0.861 bits per heavy atom. The number of hydrogen-bond donors (Lipinski definition) is 1. The van der Waals surface area contributed by atoms with Crippen LogP contribution in [0.25, 0.3) is 0 Å². The summed E-state index contributed by atoms with van der Waals surface area (Å²) < 4.78 is 126. The molecule has 4 fully saturated rings. The molecule has 0 saturated carbocycles. The third kappa shape index (κ3) is 4.90. The van der Waals surface area contributed by atoms with Gasteiger partial charge in [0, 0.05) is 56.3 Å². The summed E-state index contributed by atoms with van der Waals surface area (Å²) in [5.74, 6) is -4.30. The third-order valence-corrected chi connectivity index (χ3v) is 8.10. The molecule has 0 aliphatic carbocycles. The second-order valence-corrected chi connectivity index (χ2v) is 10.4. The third-order valence-electron chi connectivity index (χ3n) is 8.10. The summed E-state index contributed by atoms with van der Waals surface area (Å²) in [5.41, 5.74) is 0.196. The van der Waals surface area contributed by atoms with Gasteiger partial charge in [-0.3, -0.25) is 4.90 Å². The maximum Gasteiger partial charge on any atom is 0.416 e. The van der Waals surface area contributed by atoms with Crippen LogP contribution in [0, 0.1) is 29.6 Å². The topological polar surface area (TPSA) is 27.7 Å². The van der Waals surface area contributed by atoms with Crippen molar-refractivity contribution in [1.82, 2.24) is 10.2 Å². The van der Waals surface area contributed by atoms with Crippen LogP contribution in [0.2, 0.25) is 0 Å². The Labute approximate surface area is 201 Å². The molecule has 5 rings (SSSR count). The maximum absolute atomic E-state index is 13.4. The summed E-state index contributed by atoms with van der Waals surface area (Å²) >= 11 is 0. The number of fused-ring (bicyclic) bond motifs is 2. The highest BCUT2D eigenvalue weighted by atomic mass is 19.4. The average molecular weight is 531 g/mol. The first-order valence-corrected chi connectivity index (χ1v) is 11.8. The van der Waals surface area contributed by atoms with Crippen LogP contribution in [-0.2, 0) is 17.5 Å². The molecule has 4 nitrogen and oxygen atoms in total. The van der Waals surface area contributed by atoms with E-state index in [1.807, 2.05) is 4.90 Å². The molecular weight excluding hydrogens is 505 g/mol. The number of alkyl halides is 9. The smallest absolute Gasteiger partial charge is 0.381 e. The van der Waals surface area contributed by atoms with Gasteiger partial charge in [0.1, 0.15) is 0 Å². The molecule has 4 aliphatic rings. The normalized spacial score (nSPS) is 31.5. The van der Waals surface area contributed by atoms with E-state index < -0.39 is 47.9 Å². The fourth-order valence-electron chi connectivity index (χ4n) is 6.43. The molecule has 5 atom stereocenters. The van der Waals surface area contributed by atoms with Crippen molar-refractivity contribution >= 4 is 5.69 Å². The number of likely N-dealkylation sites (tertiary alicyclic amines) is 1. The summed E-state index contributed by atoms with van der Waals surface area (Å²) in [4.78, 5) is 3.66. The van der Waals surface area contributed by atoms with E-state index in [1.54, 1.807) is 4.90 Å². The minimum atomic E-state index is -5.43. The van der Waals surface area contributed by atoms with Crippen molar-refractivity contribution in [3.63, 3.8) is 0 Å². The van der Waals surface area contributed by atoms with Crippen molar-refractivity contribution in [1.29, 1.82) is 0 Å². The lowest BCUT2D eigenvalue weighted by Gasteiger charge is -2.32. The standard InChI is InChI=1S/C23H26F9N3O/c24-21(25,26)16-2-1-12(18(3-16)35-7-14-10-36-11-15(14)8-35)5-34-6-13-4-33-19(17(13)9-34)20(22(27,28)29)23(30,31)32/h1-3,13-15,17,19-20,33H,4-11H2. The van der Waals surface area contributed by atoms with Crippen LogP contribution in [0.3, 0.4) is 0 Å². The lowest BCUT2D eigenvalue weighted by atomic mass is 9.85. The lowest BCUT2D eigenvalue weighted by Crippen LogP contribution is -2.52. The number of benzene rings is 1. The molecule has 4 saturated heterocycles. The molecule has 13 heteroatoms. The monoisotopic (exact) mass is 531 g/mol. The van der Waals surface area contributed by atoms with Gasteiger partial charge in [0.2, 0.25) is 0 Å². The van der Waals surface area contributed by atoms with Gasteiger partial charge in [-0.15, -0.1) is 0 Å². The molecular formula is C23H26F9N3O. The highest BCUT2D eigenvalue weighted by Gasteiger charge is 2.64. The molecule has 202 valence electrons. The second kappa shape index (κ2) is 8.93. The summed E-state index contributed by atoms with van der Waals surface area (Å²) in [5, 5.41) is 2.45. The highest BCUT2D eigenvalue weighted by Crippen LogP contribution is 2.47. The van der Waals surface area contributed by atoms with Gasteiger partial charge in [-0.05, 0) is 36.1 Å². The number of halogens is 9. The van der Waals surface area contributed by atoms with Crippen LogP contribution < -0.4 is 10.2 Å². The van der Waals surface area contributed by atoms with Crippen molar-refractivity contribution in [2.75, 3.05) is 50.8 Å². The Morgan fingerprint density at radius 3 is 2.08 bits per heavy atom. The van der Waals surface area contributed by atoms with E-state index in [4.69, 9.17) is 4.74 Å². The van der Waals surface area contributed by atoms with Gasteiger partial charge in [0.15, 0.2) is 5.92 Å². The van der Waals surface area contributed by atoms with Crippen LogP contribution in [0.5, 0.6) is 0 Å². The van der Waals surface area contributed by atoms with Crippen LogP contribution >= 0.6 is 0 Å². The van der Waals surface area contributed by atoms with Gasteiger partial charge in [-0.2, -0.15) is 39.5 Å². The molecule has 1 aromatic rings. The van der Waals surface area contributed by atoms with Gasteiger partial charge >= 0.3 is 18.5 Å². The van der Waals surface area contributed by atoms with E-state index in [-0.39, 0.29) is 38.0 Å². The Hall–Kier alpha value is -1.73. The quantitative estimate of drug-likeness (QED) is 0.578. The molecule has 0 bridgehead atoms. The number of hydrogen-bond acceptors (Lipinski definition) is 4. The molecule has 5 unspecified atom stereocenters. The van der Waals surface area contributed by atoms with E-state index >= 15 is 0 Å². The summed E-state index contributed by atoms with van der Waals surface area (Å²) in [6.07, 6.45) is -15.4. The van der Waals surface area contributed by atoms with E-state index in [9.17, 15) is 39.5 Å². The van der Waals surface area contributed by atoms with Crippen molar-refractivity contribution in [2.45, 2.75) is 31.1 Å². The number of ether oxygens (including phenoxy) is 1. The zero-order chi connectivity index (χ0) is 26.0. The largest absolute Gasteiger partial charge is 0.416 e. The van der Waals surface area contributed by atoms with E-state index in [1.165, 1.54) is 6.07 Å². The van der Waals surface area contributed by atoms with Gasteiger partial charge in [-0.1, -0.05) is 6.07 Å². The van der Waals surface area contributed by atoms with E-state index in [2.05, 4.69) is 5.32 Å². The van der Waals surface area contributed by atoms with E-state index in [0.29, 0.717) is 37.6 Å². The molecule has 0 amide bonds. The Bertz CT molecular complexity index is 938. The molecule has 0 spiro atoms. The van der Waals surface area contributed by atoms with Crippen molar-refractivity contribution < 1.29 is 44.3 Å². The number of nitrogens with one attached hydrogen (secondary N) is 1. The Morgan fingerprint density at radius 2 is 1.50 bits per heavy atom. The SMILES string of the molecule is FC(F)(F)c1ccc(CN2CC3CNC(C(C(F)(F)F)C(F)(F)F)C3C2)c(N2CC3COCC3C2)c1. The summed E-state index contributed by atoms with van der Waals surface area (Å²) in [7, 11) is 0. The minimum absolute atomic E-state index is 0.00451. The lowest BCUT2D eigenvalue weighted by molar-refractivity contribution is -0.293. The Kier molecular flexibility index (Phi) is 6.43. The molecule has 4 aliphatic heterocycles. The highest BCUT2D eigenvalue weighted by molar-refractivity contribution is 5.57. The first-order chi connectivity index (χ1) is 16.7. The number of anilines is 1. The average Bonchev–Trinajstić information content (AvgIpc) is 3.47. The molecule has 1 aromatic carbocycles. The van der Waals surface area contributed by atoms with Gasteiger partial charge in [0.25, 0.3) is 0 Å². The molecule has 4 heterocycles. The molecule has 1 N–H and O–H groups in total. The van der Waals surface area contributed by atoms with Crippen LogP contribution in [0.15, 0.2) is 18.2 Å². The predicted octanol–water partition coefficient (Wildman–Crippen LogP) is 4.55. The fraction of sp³-hybridized carbons (Fsp3) is 0.739. The second-order valence-electron chi connectivity index (χ2n) is 10.4. The summed E-state index contributed by atoms with van der Waals surface area (Å²) in [6, 6.07) is 1.66. The number of rotatable bonds is 4. The predicted molar refractivity (Wildman–Crippen MR) is 111 cm³/mol. The summed E-state index contributed by atoms with van der Waals surface area (Å²) in [6.45, 7) is 2.62. The van der Waals surface area contributed by atoms with Crippen molar-refractivity contribution in [3.05, 3.63) is 29.3 Å². The molecule has 0 radical (unpaired) electrons. The molecule has 36 heavy (non-hydrogen) atoms. The van der Waals surface area contributed by atoms with Gasteiger partial charge in [0.05, 0.1) is 18.8 Å². The van der Waals surface area contributed by atoms with Crippen LogP contribution in [-0.4, -0.2) is 69.2 Å². The first-order valence-electron chi connectivity index (χ1n) is 11.8. The van der Waals surface area contributed by atoms with Crippen LogP contribution in [0.1, 0.15) is 11.1 Å². The fourth-order valence-corrected chi connectivity index (χ4v) is 6.43. The van der Waals surface area contributed by atoms with Gasteiger partial charge in [-0.25, -0.2) is 0 Å². The van der Waals surface area contributed by atoms with E-state index in [0.717, 1.165) is 12.1 Å². The number of nitrogens with zero attached hydrogens (tertiary/aromatic N) is 2. The Balaban J connectivity index is 1.36. The van der Waals surface area contributed by atoms with Crippen LogP contribution in [0.4, 0.5) is 45.2 Å². The zero-order valence-corrected chi connectivity index (χ0v) is 19.1. The van der Waals surface area contributed by atoms with Gasteiger partial charge < -0.3 is 15.0 Å². The molecule has 0 aromatic heterocycles. The maximum atomic E-state index is 13.4. The van der Waals surface area contributed by atoms with Crippen molar-refractivity contribution in [2.24, 2.45) is 29.6 Å².